The molecule has 0 spiro atoms. The summed E-state index contributed by atoms with van der Waals surface area (Å²) < 4.78 is 5.49. The lowest BCUT2D eigenvalue weighted by Gasteiger charge is -2.14. The molecule has 3 aromatic rings. The second kappa shape index (κ2) is 11.1. The Morgan fingerprint density at radius 1 is 1.24 bits per heavy atom. The maximum absolute atomic E-state index is 11.9. The first-order valence-electron chi connectivity index (χ1n) is 10.2. The lowest BCUT2D eigenvalue weighted by Crippen LogP contribution is -2.38. The topological polar surface area (TPSA) is 185 Å². The number of fused-ring (bicyclic) bond motifs is 1. The molecule has 0 saturated heterocycles. The van der Waals surface area contributed by atoms with Gasteiger partial charge < -0.3 is 25.7 Å². The highest BCUT2D eigenvalue weighted by Gasteiger charge is 2.16. The highest BCUT2D eigenvalue weighted by atomic mass is 16.5. The molecule has 0 bridgehead atoms. The summed E-state index contributed by atoms with van der Waals surface area (Å²) in [5.74, 6) is -1.08. The molecule has 33 heavy (non-hydrogen) atoms. The molecule has 0 amide bonds. The molecule has 3 rings (SSSR count). The zero-order valence-corrected chi connectivity index (χ0v) is 18.0. The fourth-order valence-electron chi connectivity index (χ4n) is 2.96. The van der Waals surface area contributed by atoms with E-state index >= 15 is 0 Å². The van der Waals surface area contributed by atoms with E-state index in [-0.39, 0.29) is 42.5 Å². The highest BCUT2D eigenvalue weighted by molar-refractivity contribution is 5.78. The first-order valence-corrected chi connectivity index (χ1v) is 10.2. The third kappa shape index (κ3) is 7.05. The maximum Gasteiger partial charge on any atom is 0.320 e. The van der Waals surface area contributed by atoms with E-state index in [1.165, 1.54) is 13.1 Å². The van der Waals surface area contributed by atoms with Gasteiger partial charge in [-0.2, -0.15) is 4.98 Å². The number of carboxylic acids is 1. The SMILES string of the molecule is CC(=O)CC[C@@H](NCOCc1ccc(NCc2cnc3nc(N)[nH]c(=O)c3n2)cc1)C(=O)O. The summed E-state index contributed by atoms with van der Waals surface area (Å²) in [4.78, 5) is 48.9. The quantitative estimate of drug-likeness (QED) is 0.192. The molecule has 12 nitrogen and oxygen atoms in total. The van der Waals surface area contributed by atoms with E-state index in [2.05, 4.69) is 30.6 Å². The average Bonchev–Trinajstić information content (AvgIpc) is 2.77. The van der Waals surface area contributed by atoms with Crippen LogP contribution in [0.4, 0.5) is 11.6 Å². The molecule has 1 atom stereocenters. The van der Waals surface area contributed by atoms with Gasteiger partial charge in [0.15, 0.2) is 11.2 Å². The number of nitrogens with zero attached hydrogens (tertiary/aromatic N) is 3. The first-order chi connectivity index (χ1) is 15.8. The number of carboxylic acid groups (broad SMARTS) is 1. The highest BCUT2D eigenvalue weighted by Crippen LogP contribution is 2.12. The number of ketones is 1. The Kier molecular flexibility index (Phi) is 8.00. The second-order valence-electron chi connectivity index (χ2n) is 7.36. The van der Waals surface area contributed by atoms with Crippen molar-refractivity contribution in [1.82, 2.24) is 25.3 Å². The Hall–Kier alpha value is -3.90. The van der Waals surface area contributed by atoms with E-state index in [1.807, 2.05) is 24.3 Å². The number of rotatable bonds is 12. The summed E-state index contributed by atoms with van der Waals surface area (Å²) in [5, 5.41) is 15.1. The fourth-order valence-corrected chi connectivity index (χ4v) is 2.96. The molecule has 12 heteroatoms. The van der Waals surface area contributed by atoms with Crippen molar-refractivity contribution in [2.75, 3.05) is 17.8 Å². The van der Waals surface area contributed by atoms with Gasteiger partial charge in [0.25, 0.3) is 5.56 Å². The molecule has 0 fully saturated rings. The van der Waals surface area contributed by atoms with E-state index < -0.39 is 17.6 Å². The van der Waals surface area contributed by atoms with Crippen LogP contribution in [0.2, 0.25) is 0 Å². The van der Waals surface area contributed by atoms with Crippen molar-refractivity contribution < 1.29 is 19.4 Å². The van der Waals surface area contributed by atoms with Crippen LogP contribution in [-0.4, -0.2) is 49.6 Å². The predicted octanol–water partition coefficient (Wildman–Crippen LogP) is 0.794. The molecule has 0 aliphatic heterocycles. The summed E-state index contributed by atoms with van der Waals surface area (Å²) in [6.45, 7) is 2.12. The number of benzene rings is 1. The molecular formula is C21H25N7O5. The molecule has 174 valence electrons. The number of Topliss-reactive ketones (excluding diaryl/α,β-unsaturated/α-hetero) is 1. The number of aromatic amines is 1. The lowest BCUT2D eigenvalue weighted by molar-refractivity contribution is -0.140. The number of carbonyl (C=O) groups is 2. The van der Waals surface area contributed by atoms with Gasteiger partial charge in [0, 0.05) is 12.1 Å². The summed E-state index contributed by atoms with van der Waals surface area (Å²) in [6, 6.07) is 6.64. The number of nitrogen functional groups attached to an aromatic ring is 1. The van der Waals surface area contributed by atoms with Gasteiger partial charge in [-0.1, -0.05) is 12.1 Å². The van der Waals surface area contributed by atoms with Crippen LogP contribution in [-0.2, 0) is 27.5 Å². The number of carbonyl (C=O) groups excluding carboxylic acids is 1. The van der Waals surface area contributed by atoms with Crippen molar-refractivity contribution in [1.29, 1.82) is 0 Å². The van der Waals surface area contributed by atoms with Gasteiger partial charge in [0.1, 0.15) is 11.8 Å². The van der Waals surface area contributed by atoms with E-state index in [0.29, 0.717) is 18.8 Å². The van der Waals surface area contributed by atoms with Crippen molar-refractivity contribution in [3.63, 3.8) is 0 Å². The van der Waals surface area contributed by atoms with Gasteiger partial charge >= 0.3 is 5.97 Å². The molecule has 2 aromatic heterocycles. The number of hydrogen-bond donors (Lipinski definition) is 5. The average molecular weight is 455 g/mol. The molecule has 0 unspecified atom stereocenters. The van der Waals surface area contributed by atoms with Crippen LogP contribution in [0.25, 0.3) is 11.2 Å². The van der Waals surface area contributed by atoms with Crippen LogP contribution in [0.5, 0.6) is 0 Å². The standard InChI is InChI=1S/C21H25N7O5/c1-12(29)2-7-16(20(31)32)25-11-33-10-13-3-5-14(6-4-13)23-8-15-9-24-18-17(26-15)19(30)28-21(22)27-18/h3-6,9,16,23,25H,2,7-8,10-11H2,1H3,(H,31,32)(H3,22,24,27,28,30)/t16-/m1/s1. The summed E-state index contributed by atoms with van der Waals surface area (Å²) in [7, 11) is 0. The lowest BCUT2D eigenvalue weighted by atomic mass is 10.1. The molecular weight excluding hydrogens is 430 g/mol. The molecule has 0 radical (unpaired) electrons. The zero-order valence-electron chi connectivity index (χ0n) is 18.0. The minimum Gasteiger partial charge on any atom is -0.480 e. The van der Waals surface area contributed by atoms with Crippen molar-refractivity contribution in [3.05, 3.63) is 52.1 Å². The summed E-state index contributed by atoms with van der Waals surface area (Å²) in [5.41, 5.74) is 7.66. The number of hydrogen-bond acceptors (Lipinski definition) is 10. The predicted molar refractivity (Wildman–Crippen MR) is 120 cm³/mol. The third-order valence-corrected chi connectivity index (χ3v) is 4.70. The molecule has 0 aliphatic rings. The number of anilines is 2. The largest absolute Gasteiger partial charge is 0.480 e. The van der Waals surface area contributed by atoms with Crippen molar-refractivity contribution in [3.8, 4) is 0 Å². The van der Waals surface area contributed by atoms with Crippen molar-refractivity contribution in [2.24, 2.45) is 0 Å². The Bertz CT molecular complexity index is 1180. The normalized spacial score (nSPS) is 11.9. The molecule has 1 aromatic carbocycles. The second-order valence-corrected chi connectivity index (χ2v) is 7.36. The number of nitrogens with two attached hydrogens (primary N) is 1. The van der Waals surface area contributed by atoms with E-state index in [0.717, 1.165) is 11.3 Å². The molecule has 0 aliphatic carbocycles. The van der Waals surface area contributed by atoms with Crippen LogP contribution < -0.4 is 21.9 Å². The van der Waals surface area contributed by atoms with Crippen molar-refractivity contribution >= 4 is 34.6 Å². The molecule has 2 heterocycles. The van der Waals surface area contributed by atoms with Gasteiger partial charge in [-0.3, -0.25) is 19.9 Å². The van der Waals surface area contributed by atoms with Gasteiger partial charge in [0.2, 0.25) is 5.95 Å². The van der Waals surface area contributed by atoms with Gasteiger partial charge in [0.05, 0.1) is 31.8 Å². The Balaban J connectivity index is 1.46. The number of H-pyrrole nitrogens is 1. The van der Waals surface area contributed by atoms with Crippen LogP contribution in [0, 0.1) is 0 Å². The Morgan fingerprint density at radius 2 is 2.00 bits per heavy atom. The molecule has 6 N–H and O–H groups in total. The number of aliphatic carboxylic acids is 1. The van der Waals surface area contributed by atoms with Crippen LogP contribution in [0.15, 0.2) is 35.3 Å². The van der Waals surface area contributed by atoms with E-state index in [9.17, 15) is 19.5 Å². The maximum atomic E-state index is 11.9. The monoisotopic (exact) mass is 455 g/mol. The minimum absolute atomic E-state index is 0.0118. The number of aromatic nitrogens is 4. The third-order valence-electron chi connectivity index (χ3n) is 4.70. The summed E-state index contributed by atoms with van der Waals surface area (Å²) >= 11 is 0. The number of nitrogens with one attached hydrogen (secondary N) is 3. The van der Waals surface area contributed by atoms with E-state index in [4.69, 9.17) is 10.5 Å². The van der Waals surface area contributed by atoms with Gasteiger partial charge in [-0.15, -0.1) is 0 Å². The van der Waals surface area contributed by atoms with E-state index in [1.54, 1.807) is 0 Å². The van der Waals surface area contributed by atoms with Crippen molar-refractivity contribution in [2.45, 2.75) is 39.0 Å². The Morgan fingerprint density at radius 3 is 2.70 bits per heavy atom. The van der Waals surface area contributed by atoms with Gasteiger partial charge in [-0.25, -0.2) is 9.97 Å². The first kappa shape index (κ1) is 23.8. The van der Waals surface area contributed by atoms with Crippen LogP contribution in [0.3, 0.4) is 0 Å². The van der Waals surface area contributed by atoms with Gasteiger partial charge in [-0.05, 0) is 31.0 Å². The Labute approximate surface area is 188 Å². The smallest absolute Gasteiger partial charge is 0.320 e. The number of ether oxygens (including phenoxy) is 1. The molecule has 0 saturated carbocycles. The zero-order chi connectivity index (χ0) is 23.8. The van der Waals surface area contributed by atoms with Crippen LogP contribution >= 0.6 is 0 Å². The minimum atomic E-state index is -1.02. The van der Waals surface area contributed by atoms with Crippen LogP contribution in [0.1, 0.15) is 31.0 Å². The summed E-state index contributed by atoms with van der Waals surface area (Å²) in [6.07, 6.45) is 1.94. The fraction of sp³-hybridized carbons (Fsp3) is 0.333.